The number of allylic oxidation sites excluding steroid dienone is 3. The van der Waals surface area contributed by atoms with Gasteiger partial charge in [-0.3, -0.25) is 29.1 Å². The number of amides is 2. The van der Waals surface area contributed by atoms with Crippen molar-refractivity contribution in [3.63, 3.8) is 0 Å². The van der Waals surface area contributed by atoms with Gasteiger partial charge in [0.15, 0.2) is 11.7 Å². The number of carbonyl (C=O) groups excluding carboxylic acids is 4. The third kappa shape index (κ3) is 9.09. The quantitative estimate of drug-likeness (QED) is 0.0502. The first-order valence-corrected chi connectivity index (χ1v) is 22.7. The van der Waals surface area contributed by atoms with E-state index in [-0.39, 0.29) is 77.1 Å². The number of guanidine groups is 1. The molecule has 6 aliphatic rings. The van der Waals surface area contributed by atoms with Gasteiger partial charge in [-0.05, 0) is 84.9 Å². The van der Waals surface area contributed by atoms with Gasteiger partial charge in [-0.2, -0.15) is 0 Å². The van der Waals surface area contributed by atoms with Crippen molar-refractivity contribution in [2.45, 2.75) is 80.4 Å². The highest BCUT2D eigenvalue weighted by Gasteiger charge is 2.57. The molecule has 1 saturated heterocycles. The molecule has 10 unspecified atom stereocenters. The predicted molar refractivity (Wildman–Crippen MR) is 247 cm³/mol. The van der Waals surface area contributed by atoms with Crippen LogP contribution in [0.3, 0.4) is 0 Å². The molecule has 1 fully saturated rings. The third-order valence-corrected chi connectivity index (χ3v) is 13.9. The molecule has 10 atom stereocenters. The second-order valence-electron chi connectivity index (χ2n) is 17.9. The molecular formula is C48H58N8O13. The minimum absolute atomic E-state index is 0.0461. The maximum absolute atomic E-state index is 15.0. The molecule has 69 heavy (non-hydrogen) atoms. The number of aromatic hydroxyl groups is 1. The van der Waals surface area contributed by atoms with Gasteiger partial charge in [-0.15, -0.1) is 0 Å². The van der Waals surface area contributed by atoms with E-state index in [4.69, 9.17) is 31.4 Å². The third-order valence-electron chi connectivity index (χ3n) is 13.9. The molecular weight excluding hydrogens is 897 g/mol. The molecule has 21 nitrogen and oxygen atoms in total. The molecule has 4 heterocycles. The van der Waals surface area contributed by atoms with Crippen molar-refractivity contribution in [2.75, 3.05) is 40.5 Å². The first kappa shape index (κ1) is 48.9. The molecule has 0 radical (unpaired) electrons. The summed E-state index contributed by atoms with van der Waals surface area (Å²) in [6, 6.07) is 3.55. The number of nitrogens with zero attached hydrogens (tertiary/aromatic N) is 2. The van der Waals surface area contributed by atoms with Crippen LogP contribution in [0.15, 0.2) is 82.8 Å². The Balaban J connectivity index is 1.15. The lowest BCUT2D eigenvalue weighted by atomic mass is 9.67. The van der Waals surface area contributed by atoms with E-state index in [0.29, 0.717) is 42.4 Å². The minimum atomic E-state index is -2.45. The molecule has 368 valence electrons. The lowest BCUT2D eigenvalue weighted by Crippen LogP contribution is -2.68. The predicted octanol–water partition coefficient (Wildman–Crippen LogP) is -0.844. The zero-order valence-electron chi connectivity index (χ0n) is 38.0. The van der Waals surface area contributed by atoms with E-state index in [0.717, 1.165) is 22.6 Å². The Labute approximate surface area is 396 Å². The van der Waals surface area contributed by atoms with Crippen molar-refractivity contribution in [3.8, 4) is 17.2 Å². The summed E-state index contributed by atoms with van der Waals surface area (Å²) < 4.78 is 17.7. The number of imide groups is 1. The zero-order valence-corrected chi connectivity index (χ0v) is 38.0. The molecule has 0 aromatic heterocycles. The average molecular weight is 955 g/mol. The number of dihydropyridines is 2. The van der Waals surface area contributed by atoms with E-state index in [1.807, 2.05) is 18.4 Å². The first-order valence-electron chi connectivity index (χ1n) is 22.7. The van der Waals surface area contributed by atoms with Gasteiger partial charge < -0.3 is 78.0 Å². The Kier molecular flexibility index (Phi) is 14.0. The Morgan fingerprint density at radius 3 is 2.43 bits per heavy atom. The molecule has 2 aliphatic carbocycles. The Hall–Kier alpha value is -6.59. The highest BCUT2D eigenvalue weighted by molar-refractivity contribution is 6.30. The summed E-state index contributed by atoms with van der Waals surface area (Å²) in [4.78, 5) is 60.2. The molecule has 2 amide bonds. The van der Waals surface area contributed by atoms with Crippen molar-refractivity contribution in [1.29, 1.82) is 0 Å². The van der Waals surface area contributed by atoms with Gasteiger partial charge in [0.2, 0.25) is 12.1 Å². The van der Waals surface area contributed by atoms with Crippen LogP contribution in [0.2, 0.25) is 0 Å². The van der Waals surface area contributed by atoms with Crippen LogP contribution in [0.25, 0.3) is 0 Å². The number of hydrogen-bond acceptors (Lipinski definition) is 18. The van der Waals surface area contributed by atoms with Crippen molar-refractivity contribution in [3.05, 3.63) is 111 Å². The lowest BCUT2D eigenvalue weighted by Gasteiger charge is -2.49. The van der Waals surface area contributed by atoms with E-state index in [2.05, 4.69) is 20.9 Å². The second kappa shape index (κ2) is 19.8. The van der Waals surface area contributed by atoms with E-state index >= 15 is 4.79 Å². The summed E-state index contributed by atoms with van der Waals surface area (Å²) in [6.07, 6.45) is 4.31. The molecule has 0 saturated carbocycles. The fourth-order valence-corrected chi connectivity index (χ4v) is 10.4. The number of rotatable bonds is 15. The fourth-order valence-electron chi connectivity index (χ4n) is 10.4. The van der Waals surface area contributed by atoms with Gasteiger partial charge in [-0.1, -0.05) is 12.2 Å². The smallest absolute Gasteiger partial charge is 0.253 e. The summed E-state index contributed by atoms with van der Waals surface area (Å²) in [7, 11) is 2.81. The molecule has 8 rings (SSSR count). The summed E-state index contributed by atoms with van der Waals surface area (Å²) in [6.45, 7) is -1.01. The number of aliphatic hydroxyl groups is 5. The lowest BCUT2D eigenvalue weighted by molar-refractivity contribution is -0.316. The SMILES string of the molecule is CN=C(N)NC1CCC(C(CCCO)C2=CNC(N)C=C2)c2cc3c(c(O)c21)C(=O)c1c(OC2OC(CO)C(O)(CC(CN4C(=O)C=CC4=O)C4=CCNC(N)=C4)C(O)C2O)cc(OC)cc1C3=O. The van der Waals surface area contributed by atoms with Gasteiger partial charge in [-0.25, -0.2) is 0 Å². The Bertz CT molecular complexity index is 2590. The number of carbonyl (C=O) groups is 4. The number of aliphatic hydroxyl groups excluding tert-OH is 4. The number of ether oxygens (including phenoxy) is 3. The van der Waals surface area contributed by atoms with Crippen LogP contribution in [0.1, 0.15) is 87.0 Å². The van der Waals surface area contributed by atoms with Gasteiger partial charge in [0, 0.05) is 73.8 Å². The average Bonchev–Trinajstić information content (AvgIpc) is 3.66. The largest absolute Gasteiger partial charge is 0.507 e. The standard InChI is InChI=1S/C48H58N8O13/c1-52-47(51)55-31-7-6-27(26(4-3-13-57)23-5-8-34(49)54-19-23)28-17-30-40(42(62)38(28)31)43(63)39-29(41(30)61)15-25(67-2)16-32(39)68-46-44(64)45(65)48(66,33(21-58)69-46)18-24(22-11-12-53-35(50)14-22)20-56-36(59)9-10-37(56)60/h5,8-11,14-17,19,24,26-27,31,33-34,44-46,53-54,57-58,62,64-66H,3-4,6-7,12-13,18,20-21,49-50H2,1-2H3,(H3,51,52,55). The topological polar surface area (TPSA) is 347 Å². The van der Waals surface area contributed by atoms with E-state index in [1.54, 1.807) is 18.2 Å². The molecule has 2 aromatic carbocycles. The number of ketones is 2. The highest BCUT2D eigenvalue weighted by atomic mass is 16.7. The molecule has 0 spiro atoms. The van der Waals surface area contributed by atoms with Crippen molar-refractivity contribution >= 4 is 29.3 Å². The Morgan fingerprint density at radius 1 is 1.04 bits per heavy atom. The maximum atomic E-state index is 15.0. The van der Waals surface area contributed by atoms with Gasteiger partial charge in [0.25, 0.3) is 11.8 Å². The molecule has 21 heteroatoms. The normalized spacial score (nSPS) is 28.3. The monoisotopic (exact) mass is 954 g/mol. The van der Waals surface area contributed by atoms with Crippen LogP contribution < -0.4 is 42.6 Å². The van der Waals surface area contributed by atoms with Crippen LogP contribution >= 0.6 is 0 Å². The summed E-state index contributed by atoms with van der Waals surface area (Å²) >= 11 is 0. The number of aliphatic imine (C=N–C) groups is 1. The molecule has 4 aliphatic heterocycles. The molecule has 0 bridgehead atoms. The summed E-state index contributed by atoms with van der Waals surface area (Å²) in [5.41, 5.74) is 17.2. The number of fused-ring (bicyclic) bond motifs is 3. The number of nitrogens with one attached hydrogen (secondary N) is 3. The van der Waals surface area contributed by atoms with Crippen LogP contribution in [-0.4, -0.2) is 142 Å². The van der Waals surface area contributed by atoms with Gasteiger partial charge in [0.1, 0.15) is 41.2 Å². The van der Waals surface area contributed by atoms with Gasteiger partial charge in [0.05, 0.1) is 42.9 Å². The van der Waals surface area contributed by atoms with Crippen molar-refractivity contribution in [1.82, 2.24) is 20.9 Å². The highest BCUT2D eigenvalue weighted by Crippen LogP contribution is 2.52. The van der Waals surface area contributed by atoms with Gasteiger partial charge >= 0.3 is 0 Å². The van der Waals surface area contributed by atoms with Crippen LogP contribution in [0.4, 0.5) is 0 Å². The number of phenolic OH excluding ortho intramolecular Hbond substituents is 1. The summed E-state index contributed by atoms with van der Waals surface area (Å²) in [5, 5.41) is 78.0. The number of nitrogens with two attached hydrogens (primary N) is 3. The van der Waals surface area contributed by atoms with E-state index in [1.165, 1.54) is 26.3 Å². The van der Waals surface area contributed by atoms with Crippen molar-refractivity contribution < 1.29 is 64.0 Å². The minimum Gasteiger partial charge on any atom is -0.507 e. The molecule has 15 N–H and O–H groups in total. The van der Waals surface area contributed by atoms with Crippen molar-refractivity contribution in [2.24, 2.45) is 34.0 Å². The maximum Gasteiger partial charge on any atom is 0.253 e. The number of phenols is 1. The van der Waals surface area contributed by atoms with Crippen LogP contribution in [0.5, 0.6) is 17.2 Å². The second-order valence-corrected chi connectivity index (χ2v) is 17.9. The van der Waals surface area contributed by atoms with Crippen LogP contribution in [-0.2, 0) is 14.3 Å². The Morgan fingerprint density at radius 2 is 1.78 bits per heavy atom. The first-order chi connectivity index (χ1) is 33.0. The number of methoxy groups -OCH3 is 1. The summed E-state index contributed by atoms with van der Waals surface area (Å²) in [5.74, 6) is -4.62. The molecule has 2 aromatic rings. The zero-order chi connectivity index (χ0) is 49.5. The van der Waals surface area contributed by atoms with E-state index in [9.17, 15) is 45.0 Å². The number of benzene rings is 2. The van der Waals surface area contributed by atoms with Crippen LogP contribution in [0, 0.1) is 11.8 Å². The van der Waals surface area contributed by atoms with E-state index < -0.39 is 90.5 Å². The number of hydrogen-bond donors (Lipinski definition) is 12. The fraction of sp³-hybridized carbons (Fsp3) is 0.438.